The van der Waals surface area contributed by atoms with E-state index in [1.807, 2.05) is 0 Å². The van der Waals surface area contributed by atoms with Gasteiger partial charge in [-0.25, -0.2) is 0 Å². The van der Waals surface area contributed by atoms with Gasteiger partial charge in [-0.1, -0.05) is 0 Å². The standard InChI is InChI=1S/C11H15F3O6/c1-10(2)19-8-7(16)5(18-9(8)20-10)4-17-6(15)3-11(12,13)14/h5,7-9,16H,3-4H2,1-2H3/t5-,7-,8-,9-/m1/s1. The van der Waals surface area contributed by atoms with Crippen LogP contribution in [0.15, 0.2) is 0 Å². The molecule has 116 valence electrons. The molecule has 20 heavy (non-hydrogen) atoms. The van der Waals surface area contributed by atoms with Crippen LogP contribution < -0.4 is 0 Å². The van der Waals surface area contributed by atoms with Gasteiger partial charge in [-0.05, 0) is 13.8 Å². The van der Waals surface area contributed by atoms with E-state index in [-0.39, 0.29) is 0 Å². The second kappa shape index (κ2) is 5.14. The Morgan fingerprint density at radius 2 is 2.00 bits per heavy atom. The topological polar surface area (TPSA) is 74.2 Å². The number of halogens is 3. The van der Waals surface area contributed by atoms with Crippen molar-refractivity contribution in [2.75, 3.05) is 6.61 Å². The first kappa shape index (κ1) is 15.5. The van der Waals surface area contributed by atoms with E-state index < -0.39 is 55.6 Å². The predicted octanol–water partition coefficient (Wildman–Crippen LogP) is 0.719. The number of carbonyl (C=O) groups excluding carboxylic acids is 1. The molecule has 1 N–H and O–H groups in total. The van der Waals surface area contributed by atoms with Crippen molar-refractivity contribution in [3.63, 3.8) is 0 Å². The number of aliphatic hydroxyl groups is 1. The third kappa shape index (κ3) is 3.60. The van der Waals surface area contributed by atoms with Crippen LogP contribution in [0.1, 0.15) is 20.3 Å². The van der Waals surface area contributed by atoms with Crippen LogP contribution >= 0.6 is 0 Å². The van der Waals surface area contributed by atoms with E-state index in [4.69, 9.17) is 14.2 Å². The summed E-state index contributed by atoms with van der Waals surface area (Å²) in [5.41, 5.74) is 0. The number of rotatable bonds is 3. The molecule has 0 aromatic rings. The van der Waals surface area contributed by atoms with Gasteiger partial charge in [0.05, 0.1) is 0 Å². The van der Waals surface area contributed by atoms with Crippen molar-refractivity contribution in [3.8, 4) is 0 Å². The van der Waals surface area contributed by atoms with Crippen molar-refractivity contribution < 1.29 is 42.0 Å². The Hall–Kier alpha value is -0.900. The Labute approximate surface area is 112 Å². The molecule has 0 aromatic carbocycles. The molecule has 0 spiro atoms. The van der Waals surface area contributed by atoms with Gasteiger partial charge in [-0.15, -0.1) is 0 Å². The van der Waals surface area contributed by atoms with E-state index in [9.17, 15) is 23.1 Å². The second-order valence-electron chi connectivity index (χ2n) is 5.11. The minimum Gasteiger partial charge on any atom is -0.463 e. The van der Waals surface area contributed by atoms with Crippen molar-refractivity contribution in [3.05, 3.63) is 0 Å². The summed E-state index contributed by atoms with van der Waals surface area (Å²) in [6.07, 6.45) is -10.00. The van der Waals surface area contributed by atoms with Crippen LogP contribution in [-0.2, 0) is 23.7 Å². The number of carbonyl (C=O) groups is 1. The maximum absolute atomic E-state index is 11.9. The zero-order valence-electron chi connectivity index (χ0n) is 10.8. The Kier molecular flexibility index (Phi) is 3.98. The highest BCUT2D eigenvalue weighted by Gasteiger charge is 2.54. The van der Waals surface area contributed by atoms with Crippen LogP contribution in [0.3, 0.4) is 0 Å². The molecule has 2 rings (SSSR count). The molecule has 0 aliphatic carbocycles. The molecule has 0 aromatic heterocycles. The molecule has 9 heteroatoms. The average molecular weight is 300 g/mol. The Balaban J connectivity index is 1.81. The van der Waals surface area contributed by atoms with Gasteiger partial charge in [0.15, 0.2) is 12.1 Å². The van der Waals surface area contributed by atoms with Crippen LogP contribution in [0, 0.1) is 0 Å². The van der Waals surface area contributed by atoms with Gasteiger partial charge < -0.3 is 24.1 Å². The third-order valence-corrected chi connectivity index (χ3v) is 2.87. The fourth-order valence-electron chi connectivity index (χ4n) is 2.09. The fraction of sp³-hybridized carbons (Fsp3) is 0.909. The van der Waals surface area contributed by atoms with E-state index in [1.54, 1.807) is 13.8 Å². The molecule has 0 unspecified atom stereocenters. The number of ether oxygens (including phenoxy) is 4. The molecule has 2 aliphatic heterocycles. The lowest BCUT2D eigenvalue weighted by molar-refractivity contribution is -0.221. The van der Waals surface area contributed by atoms with Crippen molar-refractivity contribution in [2.24, 2.45) is 0 Å². The Bertz CT molecular complexity index is 383. The van der Waals surface area contributed by atoms with Gasteiger partial charge in [0.1, 0.15) is 31.3 Å². The molecule has 4 atom stereocenters. The van der Waals surface area contributed by atoms with Crippen LogP contribution in [0.25, 0.3) is 0 Å². The van der Waals surface area contributed by atoms with E-state index in [0.717, 1.165) is 0 Å². The Morgan fingerprint density at radius 1 is 1.35 bits per heavy atom. The second-order valence-corrected chi connectivity index (χ2v) is 5.11. The number of alkyl halides is 3. The summed E-state index contributed by atoms with van der Waals surface area (Å²) in [6, 6.07) is 0. The van der Waals surface area contributed by atoms with Gasteiger partial charge >= 0.3 is 12.1 Å². The first-order valence-electron chi connectivity index (χ1n) is 5.99. The van der Waals surface area contributed by atoms with Gasteiger partial charge in [0, 0.05) is 0 Å². The molecule has 0 radical (unpaired) electrons. The molecule has 0 amide bonds. The minimum atomic E-state index is -4.63. The highest BCUT2D eigenvalue weighted by molar-refractivity contribution is 5.70. The van der Waals surface area contributed by atoms with Gasteiger partial charge in [-0.2, -0.15) is 13.2 Å². The monoisotopic (exact) mass is 300 g/mol. The van der Waals surface area contributed by atoms with Crippen molar-refractivity contribution in [1.82, 2.24) is 0 Å². The third-order valence-electron chi connectivity index (χ3n) is 2.87. The molecule has 2 aliphatic rings. The SMILES string of the molecule is CC1(C)O[C@H]2O[C@H](COC(=O)CC(F)(F)F)[C@@H](O)[C@H]2O1. The number of esters is 1. The molecule has 2 saturated heterocycles. The summed E-state index contributed by atoms with van der Waals surface area (Å²) in [5.74, 6) is -2.33. The van der Waals surface area contributed by atoms with Gasteiger partial charge in [0.2, 0.25) is 0 Å². The van der Waals surface area contributed by atoms with Crippen molar-refractivity contribution >= 4 is 5.97 Å². The van der Waals surface area contributed by atoms with Crippen LogP contribution in [0.2, 0.25) is 0 Å². The molecular weight excluding hydrogens is 285 g/mol. The first-order chi connectivity index (χ1) is 9.07. The molecule has 0 saturated carbocycles. The quantitative estimate of drug-likeness (QED) is 0.774. The summed E-state index contributed by atoms with van der Waals surface area (Å²) in [5, 5.41) is 9.89. The summed E-state index contributed by atoms with van der Waals surface area (Å²) in [4.78, 5) is 10.9. The summed E-state index contributed by atoms with van der Waals surface area (Å²) < 4.78 is 56.2. The van der Waals surface area contributed by atoms with E-state index in [1.165, 1.54) is 0 Å². The van der Waals surface area contributed by atoms with E-state index in [0.29, 0.717) is 0 Å². The molecule has 2 fully saturated rings. The first-order valence-corrected chi connectivity index (χ1v) is 5.99. The average Bonchev–Trinajstić information content (AvgIpc) is 2.68. The minimum absolute atomic E-state index is 0.490. The van der Waals surface area contributed by atoms with Crippen molar-refractivity contribution in [1.29, 1.82) is 0 Å². The number of hydrogen-bond acceptors (Lipinski definition) is 6. The highest BCUT2D eigenvalue weighted by atomic mass is 19.4. The number of hydrogen-bond donors (Lipinski definition) is 1. The van der Waals surface area contributed by atoms with Crippen LogP contribution in [0.4, 0.5) is 13.2 Å². The summed E-state index contributed by atoms with van der Waals surface area (Å²) >= 11 is 0. The maximum atomic E-state index is 11.9. The molecule has 0 bridgehead atoms. The predicted molar refractivity (Wildman–Crippen MR) is 56.3 cm³/mol. The largest absolute Gasteiger partial charge is 0.463 e. The van der Waals surface area contributed by atoms with Crippen LogP contribution in [-0.4, -0.2) is 54.2 Å². The summed E-state index contributed by atoms with van der Waals surface area (Å²) in [7, 11) is 0. The Morgan fingerprint density at radius 3 is 2.55 bits per heavy atom. The normalized spacial score (nSPS) is 35.9. The zero-order valence-corrected chi connectivity index (χ0v) is 10.8. The fourth-order valence-corrected chi connectivity index (χ4v) is 2.09. The molecular formula is C11H15F3O6. The lowest BCUT2D eigenvalue weighted by Crippen LogP contribution is -2.37. The summed E-state index contributed by atoms with van der Waals surface area (Å²) in [6.45, 7) is 2.79. The number of aliphatic hydroxyl groups excluding tert-OH is 1. The van der Waals surface area contributed by atoms with Gasteiger partial charge in [0.25, 0.3) is 0 Å². The van der Waals surface area contributed by atoms with Gasteiger partial charge in [-0.3, -0.25) is 4.79 Å². The van der Waals surface area contributed by atoms with E-state index in [2.05, 4.69) is 4.74 Å². The molecule has 6 nitrogen and oxygen atoms in total. The zero-order chi connectivity index (χ0) is 15.1. The lowest BCUT2D eigenvalue weighted by atomic mass is 10.1. The molecule has 2 heterocycles. The highest BCUT2D eigenvalue weighted by Crippen LogP contribution is 2.37. The van der Waals surface area contributed by atoms with E-state index >= 15 is 0 Å². The number of fused-ring (bicyclic) bond motifs is 1. The lowest BCUT2D eigenvalue weighted by Gasteiger charge is -2.22. The van der Waals surface area contributed by atoms with Crippen molar-refractivity contribution in [2.45, 2.75) is 56.8 Å². The smallest absolute Gasteiger partial charge is 0.399 e. The maximum Gasteiger partial charge on any atom is 0.399 e. The van der Waals surface area contributed by atoms with Crippen LogP contribution in [0.5, 0.6) is 0 Å².